The van der Waals surface area contributed by atoms with Gasteiger partial charge < -0.3 is 11.5 Å². The number of nitrogens with two attached hydrogens (primary N) is 2. The highest BCUT2D eigenvalue weighted by Crippen LogP contribution is 2.40. The van der Waals surface area contributed by atoms with Crippen LogP contribution in [0.1, 0.15) is 50.7 Å². The minimum absolute atomic E-state index is 0.449. The largest absolute Gasteiger partial charge is 0.397 e. The molecule has 0 aliphatic heterocycles. The number of para-hydroxylation sites is 1. The topological polar surface area (TPSA) is 52.0 Å². The molecule has 0 atom stereocenters. The van der Waals surface area contributed by atoms with Crippen LogP contribution < -0.4 is 11.5 Å². The number of nitrogen functional groups attached to an aromatic ring is 2. The van der Waals surface area contributed by atoms with Crippen LogP contribution in [0.4, 0.5) is 11.4 Å². The Balaban J connectivity index is 2.80. The normalized spacial score (nSPS) is 11.3. The molecule has 0 unspecified atom stereocenters. The van der Waals surface area contributed by atoms with Gasteiger partial charge in [0, 0.05) is 5.56 Å². The Hall–Kier alpha value is -1.96. The summed E-state index contributed by atoms with van der Waals surface area (Å²) in [6, 6.07) is 12.4. The van der Waals surface area contributed by atoms with E-state index >= 15 is 0 Å². The van der Waals surface area contributed by atoms with Gasteiger partial charge in [0.2, 0.25) is 0 Å². The monoisotopic (exact) mass is 268 g/mol. The summed E-state index contributed by atoms with van der Waals surface area (Å²) >= 11 is 0. The Morgan fingerprint density at radius 3 is 1.75 bits per heavy atom. The first-order chi connectivity index (χ1) is 9.43. The summed E-state index contributed by atoms with van der Waals surface area (Å²) in [5, 5.41) is 0. The molecule has 0 bridgehead atoms. The van der Waals surface area contributed by atoms with Gasteiger partial charge in [-0.2, -0.15) is 0 Å². The lowest BCUT2D eigenvalue weighted by Crippen LogP contribution is -2.03. The standard InChI is InChI=1S/C18H24N2/c1-11(2)13-7-5-8-14(12(3)4)17(13)15-9-6-10-16(19)18(15)20/h5-12H,19-20H2,1-4H3. The summed E-state index contributed by atoms with van der Waals surface area (Å²) in [6.07, 6.45) is 0. The molecule has 2 nitrogen and oxygen atoms in total. The summed E-state index contributed by atoms with van der Waals surface area (Å²) in [5.41, 5.74) is 18.5. The maximum absolute atomic E-state index is 6.23. The molecular formula is C18H24N2. The fourth-order valence-electron chi connectivity index (χ4n) is 2.66. The molecular weight excluding hydrogens is 244 g/mol. The average molecular weight is 268 g/mol. The first-order valence-electron chi connectivity index (χ1n) is 7.20. The highest BCUT2D eigenvalue weighted by Gasteiger charge is 2.17. The molecule has 2 aromatic carbocycles. The van der Waals surface area contributed by atoms with Gasteiger partial charge in [-0.25, -0.2) is 0 Å². The van der Waals surface area contributed by atoms with E-state index in [9.17, 15) is 0 Å². The minimum Gasteiger partial charge on any atom is -0.397 e. The smallest absolute Gasteiger partial charge is 0.0627 e. The second kappa shape index (κ2) is 5.58. The molecule has 0 saturated heterocycles. The summed E-state index contributed by atoms with van der Waals surface area (Å²) in [4.78, 5) is 0. The van der Waals surface area contributed by atoms with Crippen LogP contribution in [-0.2, 0) is 0 Å². The number of rotatable bonds is 3. The molecule has 0 aromatic heterocycles. The van der Waals surface area contributed by atoms with Gasteiger partial charge >= 0.3 is 0 Å². The minimum atomic E-state index is 0.449. The van der Waals surface area contributed by atoms with Crippen molar-refractivity contribution < 1.29 is 0 Å². The lowest BCUT2D eigenvalue weighted by molar-refractivity contribution is 0.838. The second-order valence-corrected chi connectivity index (χ2v) is 5.93. The lowest BCUT2D eigenvalue weighted by Gasteiger charge is -2.21. The maximum atomic E-state index is 6.23. The van der Waals surface area contributed by atoms with Crippen molar-refractivity contribution >= 4 is 11.4 Å². The van der Waals surface area contributed by atoms with Crippen molar-refractivity contribution in [1.82, 2.24) is 0 Å². The average Bonchev–Trinajstić information content (AvgIpc) is 2.41. The Kier molecular flexibility index (Phi) is 4.03. The van der Waals surface area contributed by atoms with Gasteiger partial charge in [0.25, 0.3) is 0 Å². The van der Waals surface area contributed by atoms with Crippen molar-refractivity contribution in [2.24, 2.45) is 0 Å². The van der Waals surface area contributed by atoms with E-state index in [1.807, 2.05) is 12.1 Å². The molecule has 0 spiro atoms. The van der Waals surface area contributed by atoms with E-state index < -0.39 is 0 Å². The summed E-state index contributed by atoms with van der Waals surface area (Å²) in [7, 11) is 0. The molecule has 0 aliphatic rings. The SMILES string of the molecule is CC(C)c1cccc(C(C)C)c1-c1cccc(N)c1N. The lowest BCUT2D eigenvalue weighted by atomic mass is 9.84. The fraction of sp³-hybridized carbons (Fsp3) is 0.333. The van der Waals surface area contributed by atoms with Crippen LogP contribution in [-0.4, -0.2) is 0 Å². The van der Waals surface area contributed by atoms with Gasteiger partial charge in [0.15, 0.2) is 0 Å². The van der Waals surface area contributed by atoms with Crippen molar-refractivity contribution in [2.75, 3.05) is 11.5 Å². The van der Waals surface area contributed by atoms with E-state index in [0.717, 1.165) is 5.56 Å². The highest BCUT2D eigenvalue weighted by atomic mass is 14.7. The zero-order valence-electron chi connectivity index (χ0n) is 12.8. The summed E-state index contributed by atoms with van der Waals surface area (Å²) in [5.74, 6) is 0.897. The van der Waals surface area contributed by atoms with E-state index in [1.165, 1.54) is 16.7 Å². The predicted octanol–water partition coefficient (Wildman–Crippen LogP) is 4.76. The van der Waals surface area contributed by atoms with Crippen molar-refractivity contribution in [2.45, 2.75) is 39.5 Å². The second-order valence-electron chi connectivity index (χ2n) is 5.93. The quantitative estimate of drug-likeness (QED) is 0.788. The number of anilines is 2. The number of hydrogen-bond donors (Lipinski definition) is 2. The van der Waals surface area contributed by atoms with E-state index in [2.05, 4.69) is 52.0 Å². The number of hydrogen-bond acceptors (Lipinski definition) is 2. The van der Waals surface area contributed by atoms with E-state index in [0.29, 0.717) is 23.2 Å². The van der Waals surface area contributed by atoms with Crippen LogP contribution in [0.25, 0.3) is 11.1 Å². The first kappa shape index (κ1) is 14.4. The summed E-state index contributed by atoms with van der Waals surface area (Å²) < 4.78 is 0. The molecule has 0 heterocycles. The van der Waals surface area contributed by atoms with Gasteiger partial charge in [-0.3, -0.25) is 0 Å². The predicted molar refractivity (Wildman–Crippen MR) is 88.9 cm³/mol. The molecule has 0 saturated carbocycles. The van der Waals surface area contributed by atoms with Gasteiger partial charge in [0.05, 0.1) is 11.4 Å². The van der Waals surface area contributed by atoms with E-state index in [-0.39, 0.29) is 0 Å². The van der Waals surface area contributed by atoms with Crippen molar-refractivity contribution in [3.63, 3.8) is 0 Å². The molecule has 0 aliphatic carbocycles. The molecule has 0 fully saturated rings. The van der Waals surface area contributed by atoms with Crippen LogP contribution >= 0.6 is 0 Å². The van der Waals surface area contributed by atoms with Crippen molar-refractivity contribution in [1.29, 1.82) is 0 Å². The van der Waals surface area contributed by atoms with Crippen molar-refractivity contribution in [3.8, 4) is 11.1 Å². The molecule has 106 valence electrons. The van der Waals surface area contributed by atoms with Gasteiger partial charge in [-0.15, -0.1) is 0 Å². The number of benzene rings is 2. The van der Waals surface area contributed by atoms with Crippen LogP contribution in [0.15, 0.2) is 36.4 Å². The Morgan fingerprint density at radius 2 is 1.25 bits per heavy atom. The van der Waals surface area contributed by atoms with Crippen LogP contribution in [0.2, 0.25) is 0 Å². The third-order valence-electron chi connectivity index (χ3n) is 3.78. The zero-order chi connectivity index (χ0) is 14.9. The Labute approximate surface area is 121 Å². The third-order valence-corrected chi connectivity index (χ3v) is 3.78. The van der Waals surface area contributed by atoms with Crippen molar-refractivity contribution in [3.05, 3.63) is 47.5 Å². The first-order valence-corrected chi connectivity index (χ1v) is 7.20. The van der Waals surface area contributed by atoms with Gasteiger partial charge in [-0.1, -0.05) is 58.0 Å². The fourth-order valence-corrected chi connectivity index (χ4v) is 2.66. The molecule has 0 radical (unpaired) electrons. The van der Waals surface area contributed by atoms with E-state index in [1.54, 1.807) is 0 Å². The maximum Gasteiger partial charge on any atom is 0.0627 e. The third kappa shape index (κ3) is 2.51. The van der Waals surface area contributed by atoms with Crippen LogP contribution in [0.5, 0.6) is 0 Å². The molecule has 0 amide bonds. The molecule has 4 N–H and O–H groups in total. The Bertz CT molecular complexity index is 587. The Morgan fingerprint density at radius 1 is 0.750 bits per heavy atom. The zero-order valence-corrected chi connectivity index (χ0v) is 12.8. The highest BCUT2D eigenvalue weighted by molar-refractivity contribution is 5.87. The van der Waals surface area contributed by atoms with Gasteiger partial charge in [-0.05, 0) is 34.6 Å². The van der Waals surface area contributed by atoms with Gasteiger partial charge in [0.1, 0.15) is 0 Å². The summed E-state index contributed by atoms with van der Waals surface area (Å²) in [6.45, 7) is 8.85. The molecule has 2 heteroatoms. The van der Waals surface area contributed by atoms with Crippen LogP contribution in [0.3, 0.4) is 0 Å². The molecule has 2 aromatic rings. The van der Waals surface area contributed by atoms with Crippen LogP contribution in [0, 0.1) is 0 Å². The molecule has 2 rings (SSSR count). The van der Waals surface area contributed by atoms with E-state index in [4.69, 9.17) is 11.5 Å². The molecule has 20 heavy (non-hydrogen) atoms.